The molecule has 0 aliphatic heterocycles. The molecule has 80 valence electrons. The fourth-order valence-corrected chi connectivity index (χ4v) is 3.82. The van der Waals surface area contributed by atoms with Crippen LogP contribution in [-0.2, 0) is 0 Å². The van der Waals surface area contributed by atoms with Gasteiger partial charge >= 0.3 is 0 Å². The number of benzene rings is 1. The summed E-state index contributed by atoms with van der Waals surface area (Å²) in [6, 6.07) is 6.37. The maximum absolute atomic E-state index is 6.10. The Hall–Kier alpha value is -0.490. The number of halogens is 1. The van der Waals surface area contributed by atoms with Crippen molar-refractivity contribution in [3.05, 3.63) is 34.3 Å². The third kappa shape index (κ3) is 1.59. The van der Waals surface area contributed by atoms with Gasteiger partial charge in [0.05, 0.1) is 0 Å². The molecular weight excluding hydrogens is 204 g/mol. The Labute approximate surface area is 96.6 Å². The minimum absolute atomic E-state index is 0.808. The Morgan fingerprint density at radius 2 is 2.07 bits per heavy atom. The summed E-state index contributed by atoms with van der Waals surface area (Å²) in [5.41, 5.74) is 2.95. The van der Waals surface area contributed by atoms with Crippen LogP contribution in [0.25, 0.3) is 0 Å². The topological polar surface area (TPSA) is 0 Å². The lowest BCUT2D eigenvalue weighted by Gasteiger charge is -2.23. The van der Waals surface area contributed by atoms with Crippen LogP contribution in [0.1, 0.15) is 42.7 Å². The van der Waals surface area contributed by atoms with E-state index in [1.54, 1.807) is 0 Å². The van der Waals surface area contributed by atoms with E-state index in [4.69, 9.17) is 11.6 Å². The van der Waals surface area contributed by atoms with Crippen LogP contribution < -0.4 is 0 Å². The molecule has 0 amide bonds. The fraction of sp³-hybridized carbons (Fsp3) is 0.571. The summed E-state index contributed by atoms with van der Waals surface area (Å²) in [5.74, 6) is 2.77. The highest BCUT2D eigenvalue weighted by Gasteiger charge is 2.40. The monoisotopic (exact) mass is 220 g/mol. The van der Waals surface area contributed by atoms with Crippen LogP contribution >= 0.6 is 11.6 Å². The zero-order valence-corrected chi connectivity index (χ0v) is 9.93. The van der Waals surface area contributed by atoms with Crippen LogP contribution in [0.2, 0.25) is 5.02 Å². The number of hydrogen-bond acceptors (Lipinski definition) is 0. The van der Waals surface area contributed by atoms with E-state index in [2.05, 4.69) is 19.1 Å². The van der Waals surface area contributed by atoms with Gasteiger partial charge in [-0.3, -0.25) is 0 Å². The van der Waals surface area contributed by atoms with Crippen LogP contribution in [0.5, 0.6) is 0 Å². The van der Waals surface area contributed by atoms with Gasteiger partial charge in [0.25, 0.3) is 0 Å². The largest absolute Gasteiger partial charge is 0.0843 e. The van der Waals surface area contributed by atoms with Crippen LogP contribution in [0.4, 0.5) is 0 Å². The number of rotatable bonds is 1. The standard InChI is InChI=1S/C14H17Cl/c1-9-2-5-12(15)8-13(9)14-7-10-3-4-11(14)6-10/h2,5,8,10-11,14H,3-4,6-7H2,1H3. The molecule has 0 radical (unpaired) electrons. The molecule has 0 aromatic heterocycles. The molecule has 0 spiro atoms. The summed E-state index contributed by atoms with van der Waals surface area (Å²) in [5, 5.41) is 0.901. The van der Waals surface area contributed by atoms with E-state index in [1.165, 1.54) is 36.8 Å². The molecular formula is C14H17Cl. The van der Waals surface area contributed by atoms with E-state index in [0.29, 0.717) is 0 Å². The molecule has 2 fully saturated rings. The van der Waals surface area contributed by atoms with Gasteiger partial charge in [0.1, 0.15) is 0 Å². The van der Waals surface area contributed by atoms with E-state index in [1.807, 2.05) is 6.07 Å². The van der Waals surface area contributed by atoms with Gasteiger partial charge in [-0.2, -0.15) is 0 Å². The minimum Gasteiger partial charge on any atom is -0.0843 e. The van der Waals surface area contributed by atoms with Gasteiger partial charge in [0.2, 0.25) is 0 Å². The molecule has 1 aromatic rings. The van der Waals surface area contributed by atoms with Crippen LogP contribution in [0.15, 0.2) is 18.2 Å². The van der Waals surface area contributed by atoms with Crippen LogP contribution in [0, 0.1) is 18.8 Å². The average Bonchev–Trinajstić information content (AvgIpc) is 2.83. The van der Waals surface area contributed by atoms with Crippen molar-refractivity contribution < 1.29 is 0 Å². The highest BCUT2D eigenvalue weighted by Crippen LogP contribution is 2.53. The van der Waals surface area contributed by atoms with Gasteiger partial charge in [0.15, 0.2) is 0 Å². The molecule has 1 heteroatoms. The second-order valence-electron chi connectivity index (χ2n) is 5.28. The Kier molecular flexibility index (Phi) is 2.28. The van der Waals surface area contributed by atoms with Crippen LogP contribution in [0.3, 0.4) is 0 Å². The molecule has 0 heterocycles. The van der Waals surface area contributed by atoms with Crippen LogP contribution in [-0.4, -0.2) is 0 Å². The summed E-state index contributed by atoms with van der Waals surface area (Å²) in [6.45, 7) is 2.22. The lowest BCUT2D eigenvalue weighted by Crippen LogP contribution is -2.09. The average molecular weight is 221 g/mol. The number of hydrogen-bond donors (Lipinski definition) is 0. The summed E-state index contributed by atoms with van der Waals surface area (Å²) in [6.07, 6.45) is 5.80. The van der Waals surface area contributed by atoms with E-state index in [9.17, 15) is 0 Å². The predicted octanol–water partition coefficient (Wildman–Crippen LogP) is 4.55. The molecule has 15 heavy (non-hydrogen) atoms. The first kappa shape index (κ1) is 9.72. The molecule has 3 rings (SSSR count). The van der Waals surface area contributed by atoms with Crippen molar-refractivity contribution in [1.29, 1.82) is 0 Å². The lowest BCUT2D eigenvalue weighted by atomic mass is 9.82. The zero-order valence-electron chi connectivity index (χ0n) is 9.17. The number of fused-ring (bicyclic) bond motifs is 2. The molecule has 2 saturated carbocycles. The molecule has 2 aliphatic carbocycles. The van der Waals surface area contributed by atoms with E-state index < -0.39 is 0 Å². The van der Waals surface area contributed by atoms with Gasteiger partial charge in [-0.1, -0.05) is 24.1 Å². The zero-order chi connectivity index (χ0) is 10.4. The SMILES string of the molecule is Cc1ccc(Cl)cc1C1CC2CCC1C2. The van der Waals surface area contributed by atoms with E-state index >= 15 is 0 Å². The van der Waals surface area contributed by atoms with E-state index in [-0.39, 0.29) is 0 Å². The lowest BCUT2D eigenvalue weighted by molar-refractivity contribution is 0.419. The van der Waals surface area contributed by atoms with Crippen molar-refractivity contribution in [3.63, 3.8) is 0 Å². The first-order chi connectivity index (χ1) is 7.24. The third-order valence-electron chi connectivity index (χ3n) is 4.38. The molecule has 2 aliphatic rings. The van der Waals surface area contributed by atoms with Crippen molar-refractivity contribution in [2.75, 3.05) is 0 Å². The highest BCUT2D eigenvalue weighted by atomic mass is 35.5. The minimum atomic E-state index is 0.808. The normalized spacial score (nSPS) is 33.6. The Morgan fingerprint density at radius 3 is 2.73 bits per heavy atom. The third-order valence-corrected chi connectivity index (χ3v) is 4.61. The predicted molar refractivity (Wildman–Crippen MR) is 64.4 cm³/mol. The first-order valence-electron chi connectivity index (χ1n) is 6.00. The fourth-order valence-electron chi connectivity index (χ4n) is 3.64. The molecule has 1 aromatic carbocycles. The molecule has 2 bridgehead atoms. The van der Waals surface area contributed by atoms with Crippen molar-refractivity contribution in [3.8, 4) is 0 Å². The maximum Gasteiger partial charge on any atom is 0.0409 e. The summed E-state index contributed by atoms with van der Waals surface area (Å²) < 4.78 is 0. The smallest absolute Gasteiger partial charge is 0.0409 e. The number of aryl methyl sites for hydroxylation is 1. The van der Waals surface area contributed by atoms with Gasteiger partial charge in [0, 0.05) is 5.02 Å². The Bertz CT molecular complexity index is 383. The molecule has 3 atom stereocenters. The van der Waals surface area contributed by atoms with Crippen molar-refractivity contribution >= 4 is 11.6 Å². The van der Waals surface area contributed by atoms with Crippen molar-refractivity contribution in [1.82, 2.24) is 0 Å². The Morgan fingerprint density at radius 1 is 1.20 bits per heavy atom. The van der Waals surface area contributed by atoms with E-state index in [0.717, 1.165) is 22.8 Å². The first-order valence-corrected chi connectivity index (χ1v) is 6.38. The quantitative estimate of drug-likeness (QED) is 0.651. The second-order valence-corrected chi connectivity index (χ2v) is 5.72. The molecule has 0 N–H and O–H groups in total. The molecule has 0 nitrogen and oxygen atoms in total. The summed E-state index contributed by atoms with van der Waals surface area (Å²) >= 11 is 6.10. The molecule has 0 saturated heterocycles. The second kappa shape index (κ2) is 3.52. The Balaban J connectivity index is 1.96. The maximum atomic E-state index is 6.10. The van der Waals surface area contributed by atoms with Gasteiger partial charge < -0.3 is 0 Å². The molecule has 3 unspecified atom stereocenters. The summed E-state index contributed by atoms with van der Waals surface area (Å²) in [4.78, 5) is 0. The van der Waals surface area contributed by atoms with Crippen molar-refractivity contribution in [2.45, 2.75) is 38.5 Å². The highest BCUT2D eigenvalue weighted by molar-refractivity contribution is 6.30. The van der Waals surface area contributed by atoms with Gasteiger partial charge in [-0.15, -0.1) is 0 Å². The van der Waals surface area contributed by atoms with Crippen molar-refractivity contribution in [2.24, 2.45) is 11.8 Å². The van der Waals surface area contributed by atoms with Gasteiger partial charge in [-0.05, 0) is 67.2 Å². The summed E-state index contributed by atoms with van der Waals surface area (Å²) in [7, 11) is 0. The van der Waals surface area contributed by atoms with Gasteiger partial charge in [-0.25, -0.2) is 0 Å².